The molecule has 0 aliphatic carbocycles. The molecule has 0 amide bonds. The fourth-order valence-electron chi connectivity index (χ4n) is 1.42. The number of hydrogen-bond donors (Lipinski definition) is 1. The van der Waals surface area contributed by atoms with Crippen molar-refractivity contribution >= 4 is 21.9 Å². The van der Waals surface area contributed by atoms with Crippen molar-refractivity contribution in [2.45, 2.75) is 6.10 Å². The molecule has 0 saturated carbocycles. The number of ether oxygens (including phenoxy) is 1. The van der Waals surface area contributed by atoms with E-state index in [1.165, 1.54) is 0 Å². The van der Waals surface area contributed by atoms with Crippen LogP contribution in [-0.4, -0.2) is 17.7 Å². The van der Waals surface area contributed by atoms with E-state index in [-0.39, 0.29) is 12.6 Å². The van der Waals surface area contributed by atoms with Crippen LogP contribution in [0, 0.1) is 0 Å². The Morgan fingerprint density at radius 1 is 1.54 bits per heavy atom. The Balaban J connectivity index is 2.58. The van der Waals surface area contributed by atoms with E-state index in [0.717, 1.165) is 10.0 Å². The standard InChI is InChI=1S/C9H7BrO3/c10-6-3-1-2-5-8(6)7(4-11)13-9(5)12/h1-3,7,11H,4H2. The fraction of sp³-hybridized carbons (Fsp3) is 0.222. The van der Waals surface area contributed by atoms with Crippen molar-refractivity contribution in [1.82, 2.24) is 0 Å². The molecule has 1 N–H and O–H groups in total. The topological polar surface area (TPSA) is 46.5 Å². The molecule has 1 aliphatic rings. The van der Waals surface area contributed by atoms with Crippen molar-refractivity contribution in [3.05, 3.63) is 33.8 Å². The molecule has 68 valence electrons. The predicted octanol–water partition coefficient (Wildman–Crippen LogP) is 1.65. The van der Waals surface area contributed by atoms with E-state index in [4.69, 9.17) is 9.84 Å². The number of cyclic esters (lactones) is 1. The first-order chi connectivity index (χ1) is 6.24. The summed E-state index contributed by atoms with van der Waals surface area (Å²) < 4.78 is 5.74. The van der Waals surface area contributed by atoms with E-state index in [0.29, 0.717) is 5.56 Å². The Kier molecular flexibility index (Phi) is 2.09. The van der Waals surface area contributed by atoms with Crippen LogP contribution in [0.15, 0.2) is 22.7 Å². The van der Waals surface area contributed by atoms with Gasteiger partial charge in [0.1, 0.15) is 0 Å². The molecule has 0 bridgehead atoms. The van der Waals surface area contributed by atoms with Gasteiger partial charge in [-0.3, -0.25) is 0 Å². The summed E-state index contributed by atoms with van der Waals surface area (Å²) in [4.78, 5) is 11.2. The summed E-state index contributed by atoms with van der Waals surface area (Å²) in [5.74, 6) is -0.365. The van der Waals surface area contributed by atoms with Crippen molar-refractivity contribution in [3.8, 4) is 0 Å². The molecule has 13 heavy (non-hydrogen) atoms. The quantitative estimate of drug-likeness (QED) is 0.763. The maximum absolute atomic E-state index is 11.2. The van der Waals surface area contributed by atoms with Crippen LogP contribution < -0.4 is 0 Å². The van der Waals surface area contributed by atoms with Gasteiger partial charge in [-0.15, -0.1) is 0 Å². The van der Waals surface area contributed by atoms with Crippen molar-refractivity contribution in [2.75, 3.05) is 6.61 Å². The van der Waals surface area contributed by atoms with Gasteiger partial charge in [0.25, 0.3) is 0 Å². The zero-order valence-electron chi connectivity index (χ0n) is 6.66. The molecule has 1 aromatic rings. The van der Waals surface area contributed by atoms with Crippen LogP contribution >= 0.6 is 15.9 Å². The van der Waals surface area contributed by atoms with Gasteiger partial charge >= 0.3 is 5.97 Å². The number of hydrogen-bond acceptors (Lipinski definition) is 3. The summed E-state index contributed by atoms with van der Waals surface area (Å²) in [6.07, 6.45) is -0.516. The molecule has 0 spiro atoms. The van der Waals surface area contributed by atoms with Crippen molar-refractivity contribution in [3.63, 3.8) is 0 Å². The van der Waals surface area contributed by atoms with Gasteiger partial charge in [-0.25, -0.2) is 4.79 Å². The van der Waals surface area contributed by atoms with Crippen LogP contribution in [0.2, 0.25) is 0 Å². The minimum absolute atomic E-state index is 0.179. The summed E-state index contributed by atoms with van der Waals surface area (Å²) in [5, 5.41) is 8.96. The van der Waals surface area contributed by atoms with E-state index >= 15 is 0 Å². The Bertz CT molecular complexity index is 362. The highest BCUT2D eigenvalue weighted by atomic mass is 79.9. The number of rotatable bonds is 1. The molecule has 0 saturated heterocycles. The molecule has 4 heteroatoms. The summed E-state index contributed by atoms with van der Waals surface area (Å²) >= 11 is 3.31. The lowest BCUT2D eigenvalue weighted by Crippen LogP contribution is -2.03. The molecule has 2 rings (SSSR count). The number of benzene rings is 1. The normalized spacial score (nSPS) is 19.8. The van der Waals surface area contributed by atoms with Gasteiger partial charge in [-0.1, -0.05) is 22.0 Å². The number of fused-ring (bicyclic) bond motifs is 1. The number of esters is 1. The molecular weight excluding hydrogens is 236 g/mol. The molecule has 0 radical (unpaired) electrons. The van der Waals surface area contributed by atoms with E-state index in [1.54, 1.807) is 12.1 Å². The predicted molar refractivity (Wildman–Crippen MR) is 49.4 cm³/mol. The largest absolute Gasteiger partial charge is 0.451 e. The molecule has 1 unspecified atom stereocenters. The second kappa shape index (κ2) is 3.12. The van der Waals surface area contributed by atoms with E-state index in [9.17, 15) is 4.79 Å². The summed E-state index contributed by atoms with van der Waals surface area (Å²) in [6.45, 7) is -0.179. The first-order valence-electron chi connectivity index (χ1n) is 3.84. The average molecular weight is 243 g/mol. The third-order valence-electron chi connectivity index (χ3n) is 2.01. The molecule has 3 nitrogen and oxygen atoms in total. The second-order valence-corrected chi connectivity index (χ2v) is 3.63. The van der Waals surface area contributed by atoms with E-state index in [2.05, 4.69) is 15.9 Å². The van der Waals surface area contributed by atoms with Gasteiger partial charge in [0.15, 0.2) is 6.10 Å². The van der Waals surface area contributed by atoms with Crippen LogP contribution in [0.3, 0.4) is 0 Å². The van der Waals surface area contributed by atoms with Gasteiger partial charge in [0.2, 0.25) is 0 Å². The minimum atomic E-state index is -0.516. The molecule has 0 fully saturated rings. The van der Waals surface area contributed by atoms with Gasteiger partial charge in [0.05, 0.1) is 12.2 Å². The highest BCUT2D eigenvalue weighted by molar-refractivity contribution is 9.10. The fourth-order valence-corrected chi connectivity index (χ4v) is 2.04. The number of carbonyl (C=O) groups is 1. The van der Waals surface area contributed by atoms with Gasteiger partial charge in [-0.2, -0.15) is 0 Å². The van der Waals surface area contributed by atoms with Crippen LogP contribution in [0.1, 0.15) is 22.0 Å². The highest BCUT2D eigenvalue weighted by Gasteiger charge is 2.31. The highest BCUT2D eigenvalue weighted by Crippen LogP contribution is 2.35. The summed E-state index contributed by atoms with van der Waals surface area (Å²) in [5.41, 5.74) is 1.28. The van der Waals surface area contributed by atoms with Gasteiger partial charge < -0.3 is 9.84 Å². The third kappa shape index (κ3) is 1.26. The number of carbonyl (C=O) groups excluding carboxylic acids is 1. The van der Waals surface area contributed by atoms with Crippen molar-refractivity contribution in [1.29, 1.82) is 0 Å². The van der Waals surface area contributed by atoms with E-state index in [1.807, 2.05) is 6.07 Å². The minimum Gasteiger partial charge on any atom is -0.451 e. The van der Waals surface area contributed by atoms with Gasteiger partial charge in [0, 0.05) is 10.0 Å². The number of aliphatic hydroxyl groups is 1. The maximum Gasteiger partial charge on any atom is 0.339 e. The third-order valence-corrected chi connectivity index (χ3v) is 2.70. The Morgan fingerprint density at radius 2 is 2.31 bits per heavy atom. The van der Waals surface area contributed by atoms with Crippen LogP contribution in [0.4, 0.5) is 0 Å². The molecule has 1 aromatic carbocycles. The van der Waals surface area contributed by atoms with Crippen LogP contribution in [0.5, 0.6) is 0 Å². The SMILES string of the molecule is O=C1OC(CO)c2c(Br)cccc21. The molecular formula is C9H7BrO3. The van der Waals surface area contributed by atoms with Crippen LogP contribution in [-0.2, 0) is 4.74 Å². The first kappa shape index (κ1) is 8.72. The zero-order chi connectivity index (χ0) is 9.42. The van der Waals surface area contributed by atoms with Crippen molar-refractivity contribution in [2.24, 2.45) is 0 Å². The lowest BCUT2D eigenvalue weighted by molar-refractivity contribution is 0.0234. The monoisotopic (exact) mass is 242 g/mol. The number of halogens is 1. The summed E-state index contributed by atoms with van der Waals surface area (Å²) in [6, 6.07) is 5.28. The van der Waals surface area contributed by atoms with Crippen LogP contribution in [0.25, 0.3) is 0 Å². The Labute approximate surface area is 83.5 Å². The molecule has 0 aromatic heterocycles. The lowest BCUT2D eigenvalue weighted by atomic mass is 10.1. The van der Waals surface area contributed by atoms with Gasteiger partial charge in [-0.05, 0) is 12.1 Å². The maximum atomic E-state index is 11.2. The Hall–Kier alpha value is -0.870. The molecule has 1 aliphatic heterocycles. The molecule has 1 heterocycles. The number of aliphatic hydroxyl groups excluding tert-OH is 1. The second-order valence-electron chi connectivity index (χ2n) is 2.78. The average Bonchev–Trinajstić information content (AvgIpc) is 2.45. The zero-order valence-corrected chi connectivity index (χ0v) is 8.24. The lowest BCUT2D eigenvalue weighted by Gasteiger charge is -2.07. The smallest absolute Gasteiger partial charge is 0.339 e. The molecule has 1 atom stereocenters. The van der Waals surface area contributed by atoms with Crippen molar-refractivity contribution < 1.29 is 14.6 Å². The first-order valence-corrected chi connectivity index (χ1v) is 4.63. The summed E-state index contributed by atoms with van der Waals surface area (Å²) in [7, 11) is 0. The van der Waals surface area contributed by atoms with E-state index < -0.39 is 6.10 Å². The Morgan fingerprint density at radius 3 is 3.00 bits per heavy atom.